The quantitative estimate of drug-likeness (QED) is 0.785. The number of ether oxygens (including phenoxy) is 1. The Morgan fingerprint density at radius 2 is 1.80 bits per heavy atom. The Kier molecular flexibility index (Phi) is 5.07. The summed E-state index contributed by atoms with van der Waals surface area (Å²) < 4.78 is 34.7. The molecule has 0 bridgehead atoms. The molecule has 118 valence electrons. The van der Waals surface area contributed by atoms with Crippen LogP contribution < -0.4 is 10.0 Å². The minimum absolute atomic E-state index is 0.0511. The average Bonchev–Trinajstić information content (AvgIpc) is 2.37. The van der Waals surface area contributed by atoms with E-state index in [4.69, 9.17) is 4.74 Å². The van der Waals surface area contributed by atoms with E-state index in [2.05, 4.69) is 17.0 Å². The molecule has 0 spiro atoms. The lowest BCUT2D eigenvalue weighted by Crippen LogP contribution is -2.53. The molecule has 0 aromatic carbocycles. The second-order valence-electron chi connectivity index (χ2n) is 6.46. The summed E-state index contributed by atoms with van der Waals surface area (Å²) in [6.45, 7) is 9.26. The SMILES string of the molecule is CC1CN(S(=O)(=O)NCC2(C)CCNCC2)CC(C)O1. The van der Waals surface area contributed by atoms with Gasteiger partial charge in [0.25, 0.3) is 10.2 Å². The van der Waals surface area contributed by atoms with Crippen molar-refractivity contribution in [3.8, 4) is 0 Å². The van der Waals surface area contributed by atoms with Gasteiger partial charge >= 0.3 is 0 Å². The Hall–Kier alpha value is -0.210. The number of hydrogen-bond acceptors (Lipinski definition) is 4. The van der Waals surface area contributed by atoms with Crippen molar-refractivity contribution < 1.29 is 13.2 Å². The zero-order valence-corrected chi connectivity index (χ0v) is 13.5. The van der Waals surface area contributed by atoms with Gasteiger partial charge in [0.2, 0.25) is 0 Å². The fraction of sp³-hybridized carbons (Fsp3) is 1.00. The minimum Gasteiger partial charge on any atom is -0.373 e. The van der Waals surface area contributed by atoms with Gasteiger partial charge in [-0.1, -0.05) is 6.92 Å². The standard InChI is InChI=1S/C13H27N3O3S/c1-11-8-16(9-12(2)19-11)20(17,18)15-10-13(3)4-6-14-7-5-13/h11-12,14-15H,4-10H2,1-3H3. The summed E-state index contributed by atoms with van der Waals surface area (Å²) in [5, 5.41) is 3.31. The maximum atomic E-state index is 12.4. The van der Waals surface area contributed by atoms with Crippen molar-refractivity contribution in [2.24, 2.45) is 5.41 Å². The van der Waals surface area contributed by atoms with E-state index in [1.165, 1.54) is 4.31 Å². The molecule has 2 aliphatic heterocycles. The third kappa shape index (κ3) is 4.14. The molecular weight excluding hydrogens is 278 g/mol. The highest BCUT2D eigenvalue weighted by Gasteiger charge is 2.33. The molecule has 2 atom stereocenters. The summed E-state index contributed by atoms with van der Waals surface area (Å²) >= 11 is 0. The molecule has 7 heteroatoms. The smallest absolute Gasteiger partial charge is 0.279 e. The van der Waals surface area contributed by atoms with Gasteiger partial charge in [-0.3, -0.25) is 0 Å². The first-order chi connectivity index (χ1) is 9.31. The van der Waals surface area contributed by atoms with E-state index in [1.54, 1.807) is 0 Å². The van der Waals surface area contributed by atoms with Crippen molar-refractivity contribution in [1.29, 1.82) is 0 Å². The number of hydrogen-bond donors (Lipinski definition) is 2. The van der Waals surface area contributed by atoms with Crippen molar-refractivity contribution in [3.63, 3.8) is 0 Å². The van der Waals surface area contributed by atoms with Crippen LogP contribution in [0.2, 0.25) is 0 Å². The summed E-state index contributed by atoms with van der Waals surface area (Å²) in [6.07, 6.45) is 1.91. The maximum absolute atomic E-state index is 12.4. The number of nitrogens with zero attached hydrogens (tertiary/aromatic N) is 1. The molecule has 2 saturated heterocycles. The lowest BCUT2D eigenvalue weighted by molar-refractivity contribution is -0.0444. The van der Waals surface area contributed by atoms with E-state index in [-0.39, 0.29) is 17.6 Å². The van der Waals surface area contributed by atoms with Crippen LogP contribution in [-0.4, -0.2) is 57.7 Å². The molecule has 2 heterocycles. The summed E-state index contributed by atoms with van der Waals surface area (Å²) in [7, 11) is -3.40. The van der Waals surface area contributed by atoms with Crippen LogP contribution in [0.25, 0.3) is 0 Å². The van der Waals surface area contributed by atoms with Gasteiger partial charge in [-0.05, 0) is 45.2 Å². The summed E-state index contributed by atoms with van der Waals surface area (Å²) in [6, 6.07) is 0. The van der Waals surface area contributed by atoms with Crippen LogP contribution in [0.1, 0.15) is 33.6 Å². The van der Waals surface area contributed by atoms with E-state index in [0.29, 0.717) is 19.6 Å². The summed E-state index contributed by atoms with van der Waals surface area (Å²) in [4.78, 5) is 0. The Labute approximate surface area is 122 Å². The molecule has 0 radical (unpaired) electrons. The Balaban J connectivity index is 1.93. The van der Waals surface area contributed by atoms with Crippen LogP contribution in [0.4, 0.5) is 0 Å². The highest BCUT2D eigenvalue weighted by molar-refractivity contribution is 7.87. The van der Waals surface area contributed by atoms with Crippen LogP contribution in [0.5, 0.6) is 0 Å². The third-order valence-electron chi connectivity index (χ3n) is 4.22. The number of piperidine rings is 1. The van der Waals surface area contributed by atoms with Gasteiger partial charge in [0, 0.05) is 19.6 Å². The van der Waals surface area contributed by atoms with Crippen LogP contribution in [0.15, 0.2) is 0 Å². The minimum atomic E-state index is -3.40. The molecular formula is C13H27N3O3S. The molecule has 2 rings (SSSR count). The first-order valence-corrected chi connectivity index (χ1v) is 8.86. The zero-order chi connectivity index (χ0) is 14.8. The molecule has 0 aromatic rings. The first kappa shape index (κ1) is 16.2. The van der Waals surface area contributed by atoms with Crippen molar-refractivity contribution in [1.82, 2.24) is 14.3 Å². The molecule has 2 aliphatic rings. The van der Waals surface area contributed by atoms with Crippen molar-refractivity contribution >= 4 is 10.2 Å². The van der Waals surface area contributed by atoms with Gasteiger partial charge in [0.15, 0.2) is 0 Å². The molecule has 6 nitrogen and oxygen atoms in total. The molecule has 0 aliphatic carbocycles. The normalized spacial score (nSPS) is 32.1. The van der Waals surface area contributed by atoms with Gasteiger partial charge < -0.3 is 10.1 Å². The highest BCUT2D eigenvalue weighted by Crippen LogP contribution is 2.27. The molecule has 2 unspecified atom stereocenters. The first-order valence-electron chi connectivity index (χ1n) is 7.42. The number of nitrogens with one attached hydrogen (secondary N) is 2. The van der Waals surface area contributed by atoms with E-state index in [0.717, 1.165) is 25.9 Å². The van der Waals surface area contributed by atoms with Crippen LogP contribution in [-0.2, 0) is 14.9 Å². The fourth-order valence-corrected chi connectivity index (χ4v) is 4.42. The van der Waals surface area contributed by atoms with Crippen molar-refractivity contribution in [2.75, 3.05) is 32.7 Å². The second-order valence-corrected chi connectivity index (χ2v) is 8.22. The molecule has 0 saturated carbocycles. The summed E-state index contributed by atoms with van der Waals surface area (Å²) in [5.41, 5.74) is 0.0574. The number of rotatable bonds is 4. The highest BCUT2D eigenvalue weighted by atomic mass is 32.2. The van der Waals surface area contributed by atoms with Gasteiger partial charge in [-0.25, -0.2) is 4.72 Å². The van der Waals surface area contributed by atoms with E-state index < -0.39 is 10.2 Å². The second kappa shape index (κ2) is 6.27. The Morgan fingerprint density at radius 3 is 2.35 bits per heavy atom. The molecule has 0 aromatic heterocycles. The van der Waals surface area contributed by atoms with Crippen LogP contribution in [0, 0.1) is 5.41 Å². The van der Waals surface area contributed by atoms with Gasteiger partial charge in [-0.2, -0.15) is 12.7 Å². The van der Waals surface area contributed by atoms with Crippen LogP contribution in [0.3, 0.4) is 0 Å². The lowest BCUT2D eigenvalue weighted by atomic mass is 9.81. The molecule has 20 heavy (non-hydrogen) atoms. The topological polar surface area (TPSA) is 70.7 Å². The fourth-order valence-electron chi connectivity index (χ4n) is 2.89. The Morgan fingerprint density at radius 1 is 1.25 bits per heavy atom. The maximum Gasteiger partial charge on any atom is 0.279 e. The summed E-state index contributed by atoms with van der Waals surface area (Å²) in [5.74, 6) is 0. The van der Waals surface area contributed by atoms with Crippen LogP contribution >= 0.6 is 0 Å². The van der Waals surface area contributed by atoms with Crippen molar-refractivity contribution in [3.05, 3.63) is 0 Å². The lowest BCUT2D eigenvalue weighted by Gasteiger charge is -2.37. The van der Waals surface area contributed by atoms with E-state index in [9.17, 15) is 8.42 Å². The Bertz CT molecular complexity index is 411. The predicted octanol–water partition coefficient (Wildman–Crippen LogP) is 0.320. The van der Waals surface area contributed by atoms with Gasteiger partial charge in [0.05, 0.1) is 12.2 Å². The monoisotopic (exact) mass is 305 g/mol. The number of morpholine rings is 1. The molecule has 0 amide bonds. The predicted molar refractivity (Wildman–Crippen MR) is 78.7 cm³/mol. The third-order valence-corrected chi connectivity index (χ3v) is 5.71. The van der Waals surface area contributed by atoms with Gasteiger partial charge in [-0.15, -0.1) is 0 Å². The molecule has 2 fully saturated rings. The van der Waals surface area contributed by atoms with Gasteiger partial charge in [0.1, 0.15) is 0 Å². The average molecular weight is 305 g/mol. The zero-order valence-electron chi connectivity index (χ0n) is 12.7. The molecule has 2 N–H and O–H groups in total. The van der Waals surface area contributed by atoms with E-state index >= 15 is 0 Å². The van der Waals surface area contributed by atoms with Crippen molar-refractivity contribution in [2.45, 2.75) is 45.8 Å². The largest absolute Gasteiger partial charge is 0.373 e. The van der Waals surface area contributed by atoms with E-state index in [1.807, 2.05) is 13.8 Å².